The van der Waals surface area contributed by atoms with E-state index in [0.29, 0.717) is 18.9 Å². The minimum absolute atomic E-state index is 0.287. The topological polar surface area (TPSA) is 50.4 Å². The van der Waals surface area contributed by atoms with Crippen LogP contribution in [-0.4, -0.2) is 41.9 Å². The zero-order valence-electron chi connectivity index (χ0n) is 17.5. The Morgan fingerprint density at radius 1 is 1.17 bits per heavy atom. The van der Waals surface area contributed by atoms with Gasteiger partial charge in [-0.15, -0.1) is 0 Å². The molecular weight excluding hydrogens is 381 g/mol. The second kappa shape index (κ2) is 9.30. The summed E-state index contributed by atoms with van der Waals surface area (Å²) in [5.41, 5.74) is 4.53. The SMILES string of the molecule is COc1cc(C)ccc1CN1CC[C@@H](c2cc(CCOc3ccccc3F)[nH]n2)C1. The van der Waals surface area contributed by atoms with Crippen molar-refractivity contribution in [1.29, 1.82) is 0 Å². The van der Waals surface area contributed by atoms with Gasteiger partial charge in [0, 0.05) is 36.7 Å². The van der Waals surface area contributed by atoms with Gasteiger partial charge in [-0.2, -0.15) is 5.10 Å². The number of aromatic nitrogens is 2. The summed E-state index contributed by atoms with van der Waals surface area (Å²) < 4.78 is 24.7. The van der Waals surface area contributed by atoms with Crippen molar-refractivity contribution in [3.63, 3.8) is 0 Å². The maximum atomic E-state index is 13.6. The quantitative estimate of drug-likeness (QED) is 0.596. The van der Waals surface area contributed by atoms with E-state index in [4.69, 9.17) is 9.47 Å². The van der Waals surface area contributed by atoms with E-state index >= 15 is 0 Å². The smallest absolute Gasteiger partial charge is 0.165 e. The van der Waals surface area contributed by atoms with Crippen LogP contribution < -0.4 is 9.47 Å². The molecule has 1 aliphatic rings. The number of likely N-dealkylation sites (tertiary alicyclic amines) is 1. The van der Waals surface area contributed by atoms with Gasteiger partial charge in [0.05, 0.1) is 19.4 Å². The molecule has 0 amide bonds. The zero-order valence-corrected chi connectivity index (χ0v) is 17.5. The molecule has 0 unspecified atom stereocenters. The molecule has 0 aliphatic carbocycles. The Labute approximate surface area is 176 Å². The minimum Gasteiger partial charge on any atom is -0.496 e. The fourth-order valence-corrected chi connectivity index (χ4v) is 3.99. The highest BCUT2D eigenvalue weighted by Crippen LogP contribution is 2.29. The summed E-state index contributed by atoms with van der Waals surface area (Å²) >= 11 is 0. The second-order valence-electron chi connectivity index (χ2n) is 7.88. The number of hydrogen-bond donors (Lipinski definition) is 1. The lowest BCUT2D eigenvalue weighted by Crippen LogP contribution is -2.20. The van der Waals surface area contributed by atoms with Crippen molar-refractivity contribution in [3.8, 4) is 11.5 Å². The number of methoxy groups -OCH3 is 1. The zero-order chi connectivity index (χ0) is 20.9. The number of rotatable bonds is 8. The maximum absolute atomic E-state index is 13.6. The first-order chi connectivity index (χ1) is 14.6. The first-order valence-electron chi connectivity index (χ1n) is 10.4. The van der Waals surface area contributed by atoms with Gasteiger partial charge in [0.15, 0.2) is 11.6 Å². The molecule has 0 bridgehead atoms. The van der Waals surface area contributed by atoms with Crippen LogP contribution in [0.25, 0.3) is 0 Å². The van der Waals surface area contributed by atoms with Crippen LogP contribution in [0.2, 0.25) is 0 Å². The summed E-state index contributed by atoms with van der Waals surface area (Å²) in [5.74, 6) is 1.32. The third-order valence-electron chi connectivity index (χ3n) is 5.64. The Morgan fingerprint density at radius 2 is 2.03 bits per heavy atom. The molecule has 2 heterocycles. The summed E-state index contributed by atoms with van der Waals surface area (Å²) in [4.78, 5) is 2.45. The van der Waals surface area contributed by atoms with Gasteiger partial charge < -0.3 is 9.47 Å². The van der Waals surface area contributed by atoms with Crippen LogP contribution in [0.5, 0.6) is 11.5 Å². The van der Waals surface area contributed by atoms with Crippen molar-refractivity contribution in [2.24, 2.45) is 0 Å². The Balaban J connectivity index is 1.30. The number of aromatic amines is 1. The number of hydrogen-bond acceptors (Lipinski definition) is 4. The molecule has 3 aromatic rings. The molecule has 1 aromatic heterocycles. The van der Waals surface area contributed by atoms with E-state index in [1.54, 1.807) is 25.3 Å². The van der Waals surface area contributed by atoms with Crippen molar-refractivity contribution >= 4 is 0 Å². The van der Waals surface area contributed by atoms with E-state index in [-0.39, 0.29) is 11.6 Å². The summed E-state index contributed by atoms with van der Waals surface area (Å²) in [6, 6.07) is 15.0. The summed E-state index contributed by atoms with van der Waals surface area (Å²) in [6.45, 7) is 5.39. The Bertz CT molecular complexity index is 988. The molecule has 1 aliphatic heterocycles. The number of halogens is 1. The molecule has 4 rings (SSSR count). The molecule has 1 fully saturated rings. The van der Waals surface area contributed by atoms with Crippen molar-refractivity contribution < 1.29 is 13.9 Å². The van der Waals surface area contributed by atoms with Crippen LogP contribution in [0.15, 0.2) is 48.5 Å². The van der Waals surface area contributed by atoms with Crippen molar-refractivity contribution in [1.82, 2.24) is 15.1 Å². The van der Waals surface area contributed by atoms with E-state index in [2.05, 4.69) is 46.3 Å². The second-order valence-corrected chi connectivity index (χ2v) is 7.88. The molecule has 30 heavy (non-hydrogen) atoms. The van der Waals surface area contributed by atoms with Crippen LogP contribution in [0.4, 0.5) is 4.39 Å². The van der Waals surface area contributed by atoms with Gasteiger partial charge in [-0.3, -0.25) is 10.00 Å². The van der Waals surface area contributed by atoms with E-state index in [0.717, 1.165) is 43.2 Å². The lowest BCUT2D eigenvalue weighted by Gasteiger charge is -2.18. The van der Waals surface area contributed by atoms with E-state index in [1.807, 2.05) is 0 Å². The van der Waals surface area contributed by atoms with Gasteiger partial charge in [-0.05, 0) is 49.7 Å². The van der Waals surface area contributed by atoms with Gasteiger partial charge in [0.25, 0.3) is 0 Å². The number of benzene rings is 2. The molecule has 0 radical (unpaired) electrons. The third kappa shape index (κ3) is 4.82. The number of H-pyrrole nitrogens is 1. The molecular formula is C24H28FN3O2. The predicted molar refractivity (Wildman–Crippen MR) is 115 cm³/mol. The lowest BCUT2D eigenvalue weighted by atomic mass is 10.0. The normalized spacial score (nSPS) is 16.7. The maximum Gasteiger partial charge on any atom is 0.165 e. The van der Waals surface area contributed by atoms with Gasteiger partial charge in [-0.1, -0.05) is 24.3 Å². The van der Waals surface area contributed by atoms with Crippen molar-refractivity contribution in [2.45, 2.75) is 32.2 Å². The largest absolute Gasteiger partial charge is 0.496 e. The number of nitrogens with one attached hydrogen (secondary N) is 1. The van der Waals surface area contributed by atoms with Crippen LogP contribution in [0.3, 0.4) is 0 Å². The van der Waals surface area contributed by atoms with Gasteiger partial charge in [-0.25, -0.2) is 4.39 Å². The number of nitrogens with zero attached hydrogens (tertiary/aromatic N) is 2. The third-order valence-corrected chi connectivity index (χ3v) is 5.64. The van der Waals surface area contributed by atoms with E-state index in [9.17, 15) is 4.39 Å². The molecule has 0 saturated carbocycles. The molecule has 1 saturated heterocycles. The Kier molecular flexibility index (Phi) is 6.33. The van der Waals surface area contributed by atoms with Crippen molar-refractivity contribution in [3.05, 3.63) is 76.9 Å². The highest BCUT2D eigenvalue weighted by atomic mass is 19.1. The molecule has 158 valence electrons. The summed E-state index contributed by atoms with van der Waals surface area (Å²) in [6.07, 6.45) is 1.75. The Hall–Kier alpha value is -2.86. The van der Waals surface area contributed by atoms with Crippen LogP contribution in [0.1, 0.15) is 34.9 Å². The van der Waals surface area contributed by atoms with Crippen LogP contribution in [0, 0.1) is 12.7 Å². The van der Waals surface area contributed by atoms with Gasteiger partial charge >= 0.3 is 0 Å². The van der Waals surface area contributed by atoms with Crippen LogP contribution in [-0.2, 0) is 13.0 Å². The lowest BCUT2D eigenvalue weighted by molar-refractivity contribution is 0.304. The number of ether oxygens (including phenoxy) is 2. The summed E-state index contributed by atoms with van der Waals surface area (Å²) in [7, 11) is 1.73. The fraction of sp³-hybridized carbons (Fsp3) is 0.375. The summed E-state index contributed by atoms with van der Waals surface area (Å²) in [5, 5.41) is 7.63. The first kappa shape index (κ1) is 20.4. The fourth-order valence-electron chi connectivity index (χ4n) is 3.99. The average Bonchev–Trinajstić information content (AvgIpc) is 3.40. The van der Waals surface area contributed by atoms with Crippen LogP contribution >= 0.6 is 0 Å². The molecule has 1 N–H and O–H groups in total. The van der Waals surface area contributed by atoms with E-state index in [1.165, 1.54) is 17.2 Å². The average molecular weight is 410 g/mol. The molecule has 5 nitrogen and oxygen atoms in total. The minimum atomic E-state index is -0.334. The Morgan fingerprint density at radius 3 is 2.87 bits per heavy atom. The highest BCUT2D eigenvalue weighted by Gasteiger charge is 2.26. The highest BCUT2D eigenvalue weighted by molar-refractivity contribution is 5.37. The standard InChI is InChI=1S/C24H28FN3O2/c1-17-7-8-19(24(13-17)29-2)16-28-11-9-18(15-28)22-14-20(26-27-22)10-12-30-23-6-4-3-5-21(23)25/h3-8,13-14,18H,9-12,15-16H2,1-2H3,(H,26,27)/t18-/m1/s1. The van der Waals surface area contributed by atoms with Gasteiger partial charge in [0.2, 0.25) is 0 Å². The van der Waals surface area contributed by atoms with Crippen molar-refractivity contribution in [2.75, 3.05) is 26.8 Å². The molecule has 1 atom stereocenters. The number of aryl methyl sites for hydroxylation is 1. The number of para-hydroxylation sites is 1. The molecule has 6 heteroatoms. The molecule has 0 spiro atoms. The predicted octanol–water partition coefficient (Wildman–Crippen LogP) is 4.48. The monoisotopic (exact) mass is 409 g/mol. The van der Waals surface area contributed by atoms with Gasteiger partial charge in [0.1, 0.15) is 5.75 Å². The first-order valence-corrected chi connectivity index (χ1v) is 10.4. The van der Waals surface area contributed by atoms with E-state index < -0.39 is 0 Å². The molecule has 2 aromatic carbocycles.